The Morgan fingerprint density at radius 1 is 1.37 bits per heavy atom. The highest BCUT2D eigenvalue weighted by Crippen LogP contribution is 2.31. The number of H-pyrrole nitrogens is 1. The lowest BCUT2D eigenvalue weighted by Crippen LogP contribution is -2.43. The molecule has 3 nitrogen and oxygen atoms in total. The van der Waals surface area contributed by atoms with Gasteiger partial charge in [0.2, 0.25) is 5.91 Å². The molecule has 19 heavy (non-hydrogen) atoms. The third-order valence-electron chi connectivity index (χ3n) is 3.30. The van der Waals surface area contributed by atoms with Crippen molar-refractivity contribution in [3.63, 3.8) is 0 Å². The van der Waals surface area contributed by atoms with Gasteiger partial charge in [0.15, 0.2) is 0 Å². The van der Waals surface area contributed by atoms with Gasteiger partial charge in [0.25, 0.3) is 0 Å². The first-order valence-electron chi connectivity index (χ1n) is 6.40. The van der Waals surface area contributed by atoms with Gasteiger partial charge in [-0.3, -0.25) is 4.79 Å². The first-order valence-corrected chi connectivity index (χ1v) is 6.78. The van der Waals surface area contributed by atoms with E-state index in [0.717, 1.165) is 16.5 Å². The zero-order valence-electron chi connectivity index (χ0n) is 11.7. The number of nitrogens with one attached hydrogen (secondary N) is 2. The molecule has 0 aliphatic heterocycles. The van der Waals surface area contributed by atoms with Gasteiger partial charge >= 0.3 is 0 Å². The molecule has 0 bridgehead atoms. The van der Waals surface area contributed by atoms with Crippen LogP contribution in [0.1, 0.15) is 33.3 Å². The zero-order valence-corrected chi connectivity index (χ0v) is 12.4. The predicted molar refractivity (Wildman–Crippen MR) is 79.6 cm³/mol. The minimum Gasteiger partial charge on any atom is -0.361 e. The molecule has 1 heterocycles. The minimum atomic E-state index is -0.587. The van der Waals surface area contributed by atoms with Crippen LogP contribution in [-0.2, 0) is 10.2 Å². The van der Waals surface area contributed by atoms with E-state index in [2.05, 4.69) is 10.3 Å². The van der Waals surface area contributed by atoms with Crippen molar-refractivity contribution in [3.05, 3.63) is 35.0 Å². The lowest BCUT2D eigenvalue weighted by molar-refractivity contribution is -0.126. The van der Waals surface area contributed by atoms with Crippen LogP contribution in [0, 0.1) is 0 Å². The maximum absolute atomic E-state index is 12.3. The largest absolute Gasteiger partial charge is 0.361 e. The zero-order chi connectivity index (χ0) is 14.2. The highest BCUT2D eigenvalue weighted by Gasteiger charge is 2.32. The lowest BCUT2D eigenvalue weighted by Gasteiger charge is -2.24. The Balaban J connectivity index is 2.45. The predicted octanol–water partition coefficient (Wildman–Crippen LogP) is 3.62. The van der Waals surface area contributed by atoms with Crippen LogP contribution in [-0.4, -0.2) is 16.9 Å². The van der Waals surface area contributed by atoms with Crippen molar-refractivity contribution in [2.24, 2.45) is 0 Å². The number of halogens is 1. The smallest absolute Gasteiger partial charge is 0.230 e. The van der Waals surface area contributed by atoms with Gasteiger partial charge in [-0.1, -0.05) is 17.7 Å². The summed E-state index contributed by atoms with van der Waals surface area (Å²) < 4.78 is 0. The number of carbonyl (C=O) groups excluding carboxylic acids is 1. The fourth-order valence-corrected chi connectivity index (χ4v) is 2.35. The second-order valence-corrected chi connectivity index (χ2v) is 6.08. The highest BCUT2D eigenvalue weighted by atomic mass is 35.5. The molecule has 0 fully saturated rings. The molecule has 2 aromatic rings. The molecular formula is C15H19ClN2O. The van der Waals surface area contributed by atoms with Gasteiger partial charge in [-0.2, -0.15) is 0 Å². The molecule has 2 N–H and O–H groups in total. The van der Waals surface area contributed by atoms with Crippen LogP contribution in [0.4, 0.5) is 0 Å². The number of fused-ring (bicyclic) bond motifs is 1. The van der Waals surface area contributed by atoms with Crippen LogP contribution in [0.25, 0.3) is 10.9 Å². The fourth-order valence-electron chi connectivity index (χ4n) is 2.18. The van der Waals surface area contributed by atoms with E-state index in [0.29, 0.717) is 5.02 Å². The van der Waals surface area contributed by atoms with Crippen LogP contribution < -0.4 is 5.32 Å². The molecule has 0 aliphatic rings. The summed E-state index contributed by atoms with van der Waals surface area (Å²) in [6.07, 6.45) is 1.89. The molecule has 0 unspecified atom stereocenters. The number of hydrogen-bond acceptors (Lipinski definition) is 1. The standard InChI is InChI=1S/C15H19ClN2O/c1-9(2)18-14(19)15(3,4)12-8-17-13-7-10(16)5-6-11(12)13/h5-9,17H,1-4H3,(H,18,19). The summed E-state index contributed by atoms with van der Waals surface area (Å²) in [6.45, 7) is 7.79. The van der Waals surface area contributed by atoms with Gasteiger partial charge in [0.05, 0.1) is 5.41 Å². The Labute approximate surface area is 118 Å². The summed E-state index contributed by atoms with van der Waals surface area (Å²) in [6, 6.07) is 5.80. The molecule has 1 aromatic heterocycles. The van der Waals surface area contributed by atoms with E-state index in [9.17, 15) is 4.79 Å². The summed E-state index contributed by atoms with van der Waals surface area (Å²) in [5.74, 6) is 0.0263. The van der Waals surface area contributed by atoms with Gasteiger partial charge in [-0.05, 0) is 45.4 Å². The number of aromatic nitrogens is 1. The van der Waals surface area contributed by atoms with E-state index >= 15 is 0 Å². The Morgan fingerprint density at radius 3 is 2.68 bits per heavy atom. The first kappa shape index (κ1) is 13.9. The van der Waals surface area contributed by atoms with E-state index in [4.69, 9.17) is 11.6 Å². The molecule has 4 heteroatoms. The molecule has 1 aromatic carbocycles. The number of carbonyl (C=O) groups is 1. The average molecular weight is 279 g/mol. The Morgan fingerprint density at radius 2 is 2.05 bits per heavy atom. The number of rotatable bonds is 3. The molecular weight excluding hydrogens is 260 g/mol. The fraction of sp³-hybridized carbons (Fsp3) is 0.400. The molecule has 0 saturated carbocycles. The third kappa shape index (κ3) is 2.61. The van der Waals surface area contributed by atoms with Crippen LogP contribution >= 0.6 is 11.6 Å². The van der Waals surface area contributed by atoms with Gasteiger partial charge in [0.1, 0.15) is 0 Å². The van der Waals surface area contributed by atoms with Crippen LogP contribution in [0.5, 0.6) is 0 Å². The number of hydrogen-bond donors (Lipinski definition) is 2. The second kappa shape index (κ2) is 4.89. The maximum Gasteiger partial charge on any atom is 0.230 e. The first-order chi connectivity index (χ1) is 8.82. The molecule has 0 radical (unpaired) electrons. The maximum atomic E-state index is 12.3. The van der Waals surface area contributed by atoms with Crippen molar-refractivity contribution in [1.29, 1.82) is 0 Å². The summed E-state index contributed by atoms with van der Waals surface area (Å²) in [5, 5.41) is 4.69. The molecule has 0 saturated heterocycles. The third-order valence-corrected chi connectivity index (χ3v) is 3.54. The normalized spacial score (nSPS) is 12.1. The monoisotopic (exact) mass is 278 g/mol. The van der Waals surface area contributed by atoms with Crippen molar-refractivity contribution in [2.45, 2.75) is 39.2 Å². The van der Waals surface area contributed by atoms with Crippen molar-refractivity contribution >= 4 is 28.4 Å². The summed E-state index contributed by atoms with van der Waals surface area (Å²) in [5.41, 5.74) is 1.35. The lowest BCUT2D eigenvalue weighted by atomic mass is 9.83. The quantitative estimate of drug-likeness (QED) is 0.885. The summed E-state index contributed by atoms with van der Waals surface area (Å²) >= 11 is 5.97. The van der Waals surface area contributed by atoms with E-state index in [1.54, 1.807) is 0 Å². The Kier molecular flexibility index (Phi) is 3.59. The van der Waals surface area contributed by atoms with E-state index < -0.39 is 5.41 Å². The molecule has 0 aliphatic carbocycles. The molecule has 2 rings (SSSR count). The van der Waals surface area contributed by atoms with Crippen molar-refractivity contribution < 1.29 is 4.79 Å². The van der Waals surface area contributed by atoms with E-state index in [1.807, 2.05) is 52.1 Å². The second-order valence-electron chi connectivity index (χ2n) is 5.65. The van der Waals surface area contributed by atoms with Gasteiger partial charge in [-0.25, -0.2) is 0 Å². The number of benzene rings is 1. The summed E-state index contributed by atoms with van der Waals surface area (Å²) in [4.78, 5) is 15.5. The van der Waals surface area contributed by atoms with Crippen LogP contribution in [0.15, 0.2) is 24.4 Å². The highest BCUT2D eigenvalue weighted by molar-refractivity contribution is 6.31. The van der Waals surface area contributed by atoms with Gasteiger partial charge in [0, 0.05) is 28.2 Å². The van der Waals surface area contributed by atoms with Crippen molar-refractivity contribution in [1.82, 2.24) is 10.3 Å². The van der Waals surface area contributed by atoms with Crippen molar-refractivity contribution in [3.8, 4) is 0 Å². The average Bonchev–Trinajstić information content (AvgIpc) is 2.71. The number of amides is 1. The molecule has 102 valence electrons. The molecule has 1 amide bonds. The minimum absolute atomic E-state index is 0.0263. The Hall–Kier alpha value is -1.48. The molecule has 0 spiro atoms. The van der Waals surface area contributed by atoms with Crippen LogP contribution in [0.3, 0.4) is 0 Å². The van der Waals surface area contributed by atoms with E-state index in [-0.39, 0.29) is 11.9 Å². The molecule has 0 atom stereocenters. The SMILES string of the molecule is CC(C)NC(=O)C(C)(C)c1c[nH]c2cc(Cl)ccc12. The van der Waals surface area contributed by atoms with Crippen molar-refractivity contribution in [2.75, 3.05) is 0 Å². The Bertz CT molecular complexity index is 614. The van der Waals surface area contributed by atoms with E-state index in [1.165, 1.54) is 0 Å². The number of aromatic amines is 1. The topological polar surface area (TPSA) is 44.9 Å². The summed E-state index contributed by atoms with van der Waals surface area (Å²) in [7, 11) is 0. The van der Waals surface area contributed by atoms with Gasteiger partial charge in [-0.15, -0.1) is 0 Å². The van der Waals surface area contributed by atoms with Gasteiger partial charge < -0.3 is 10.3 Å². The van der Waals surface area contributed by atoms with Crippen LogP contribution in [0.2, 0.25) is 5.02 Å².